The number of carbonyl (C=O) groups excluding carboxylic acids is 1. The molecule has 1 aliphatic heterocycles. The summed E-state index contributed by atoms with van der Waals surface area (Å²) in [6, 6.07) is 9.31. The van der Waals surface area contributed by atoms with Gasteiger partial charge in [0.05, 0.1) is 11.2 Å². The standard InChI is InChI=1S/C16H14ClFN6O.C7H8S/c1-24-3-2-12(16(24)25)22-15-11(18)7-21-14(23-15)10-6-20-13-9(10)4-8(17)5-19-13;1-6-2-4-7(8)5-3-6/h4-7,12H,2-3H2,1H3,(H,19,20)(H,21,22,23);2-5,8H,1H3. The quantitative estimate of drug-likeness (QED) is 0.366. The third-order valence-corrected chi connectivity index (χ3v) is 5.76. The Morgan fingerprint density at radius 1 is 1.24 bits per heavy atom. The number of amides is 1. The number of pyridine rings is 1. The zero-order valence-corrected chi connectivity index (χ0v) is 19.7. The van der Waals surface area contributed by atoms with Gasteiger partial charge in [-0.3, -0.25) is 4.79 Å². The van der Waals surface area contributed by atoms with Crippen LogP contribution in [0.3, 0.4) is 0 Å². The molecule has 0 aliphatic carbocycles. The highest BCUT2D eigenvalue weighted by Gasteiger charge is 2.30. The Morgan fingerprint density at radius 3 is 2.67 bits per heavy atom. The van der Waals surface area contributed by atoms with Gasteiger partial charge in [-0.1, -0.05) is 29.3 Å². The van der Waals surface area contributed by atoms with Crippen molar-refractivity contribution in [2.24, 2.45) is 0 Å². The maximum atomic E-state index is 14.1. The lowest BCUT2D eigenvalue weighted by atomic mass is 10.2. The topological polar surface area (TPSA) is 86.8 Å². The fourth-order valence-electron chi connectivity index (χ4n) is 3.43. The minimum atomic E-state index is -0.609. The van der Waals surface area contributed by atoms with Gasteiger partial charge in [-0.05, 0) is 31.5 Å². The number of halogens is 2. The van der Waals surface area contributed by atoms with Gasteiger partial charge in [0.15, 0.2) is 17.5 Å². The number of hydrogen-bond donors (Lipinski definition) is 3. The number of likely N-dealkylation sites (tertiary alicyclic amines) is 1. The molecular weight excluding hydrogens is 463 g/mol. The Labute approximate surface area is 200 Å². The highest BCUT2D eigenvalue weighted by Crippen LogP contribution is 2.28. The number of aryl methyl sites for hydroxylation is 1. The number of carbonyl (C=O) groups is 1. The highest BCUT2D eigenvalue weighted by molar-refractivity contribution is 7.80. The predicted octanol–water partition coefficient (Wildman–Crippen LogP) is 4.74. The number of aromatic nitrogens is 4. The molecule has 5 rings (SSSR count). The third-order valence-electron chi connectivity index (χ3n) is 5.26. The van der Waals surface area contributed by atoms with Crippen molar-refractivity contribution in [1.29, 1.82) is 0 Å². The number of hydrogen-bond acceptors (Lipinski definition) is 6. The summed E-state index contributed by atoms with van der Waals surface area (Å²) < 4.78 is 14.1. The van der Waals surface area contributed by atoms with E-state index >= 15 is 0 Å². The van der Waals surface area contributed by atoms with Gasteiger partial charge in [-0.2, -0.15) is 0 Å². The molecule has 1 unspecified atom stereocenters. The van der Waals surface area contributed by atoms with Crippen molar-refractivity contribution in [3.63, 3.8) is 0 Å². The molecule has 1 aromatic carbocycles. The van der Waals surface area contributed by atoms with Crippen LogP contribution in [0.25, 0.3) is 22.4 Å². The molecule has 2 N–H and O–H groups in total. The Morgan fingerprint density at radius 2 is 2.00 bits per heavy atom. The van der Waals surface area contributed by atoms with Crippen LogP contribution < -0.4 is 5.32 Å². The summed E-state index contributed by atoms with van der Waals surface area (Å²) in [6.45, 7) is 2.69. The van der Waals surface area contributed by atoms with E-state index in [4.69, 9.17) is 11.6 Å². The van der Waals surface area contributed by atoms with Gasteiger partial charge in [-0.15, -0.1) is 12.6 Å². The van der Waals surface area contributed by atoms with Gasteiger partial charge in [-0.25, -0.2) is 19.3 Å². The second kappa shape index (κ2) is 9.76. The van der Waals surface area contributed by atoms with E-state index in [-0.39, 0.29) is 11.7 Å². The number of nitrogens with zero attached hydrogens (tertiary/aromatic N) is 4. The van der Waals surface area contributed by atoms with E-state index in [1.54, 1.807) is 24.2 Å². The minimum Gasteiger partial charge on any atom is -0.356 e. The van der Waals surface area contributed by atoms with Crippen molar-refractivity contribution in [3.8, 4) is 11.4 Å². The zero-order chi connectivity index (χ0) is 23.5. The van der Waals surface area contributed by atoms with Gasteiger partial charge in [0, 0.05) is 41.8 Å². The molecule has 4 heterocycles. The van der Waals surface area contributed by atoms with E-state index in [0.29, 0.717) is 35.0 Å². The maximum absolute atomic E-state index is 14.1. The second-order valence-electron chi connectivity index (χ2n) is 7.72. The molecule has 1 saturated heterocycles. The predicted molar refractivity (Wildman–Crippen MR) is 130 cm³/mol. The number of benzene rings is 1. The fraction of sp³-hybridized carbons (Fsp3) is 0.217. The van der Waals surface area contributed by atoms with Crippen molar-refractivity contribution in [2.45, 2.75) is 24.3 Å². The number of rotatable bonds is 3. The molecule has 10 heteroatoms. The Bertz CT molecular complexity index is 1280. The van der Waals surface area contributed by atoms with Crippen molar-refractivity contribution >= 4 is 47.0 Å². The highest BCUT2D eigenvalue weighted by atomic mass is 35.5. The van der Waals surface area contributed by atoms with Gasteiger partial charge in [0.1, 0.15) is 11.7 Å². The number of likely N-dealkylation sites (N-methyl/N-ethyl adjacent to an activating group) is 1. The van der Waals surface area contributed by atoms with Crippen molar-refractivity contribution in [2.75, 3.05) is 18.9 Å². The molecule has 4 aromatic rings. The lowest BCUT2D eigenvalue weighted by Crippen LogP contribution is -2.31. The smallest absolute Gasteiger partial charge is 0.244 e. The Kier molecular flexibility index (Phi) is 6.80. The van der Waals surface area contributed by atoms with Crippen LogP contribution in [-0.2, 0) is 4.79 Å². The van der Waals surface area contributed by atoms with Gasteiger partial charge in [0.2, 0.25) is 5.91 Å². The average Bonchev–Trinajstić information content (AvgIpc) is 3.36. The minimum absolute atomic E-state index is 0.00277. The van der Waals surface area contributed by atoms with Crippen LogP contribution in [0.4, 0.5) is 10.2 Å². The summed E-state index contributed by atoms with van der Waals surface area (Å²) in [6.07, 6.45) is 4.91. The molecule has 0 spiro atoms. The number of thiol groups is 1. The molecule has 1 aliphatic rings. The molecule has 33 heavy (non-hydrogen) atoms. The first-order valence-electron chi connectivity index (χ1n) is 10.2. The maximum Gasteiger partial charge on any atom is 0.244 e. The molecule has 3 aromatic heterocycles. The SMILES string of the molecule is CN1CCC(Nc2nc(-c3c[nH]c4ncc(Cl)cc34)ncc2F)C1=O.Cc1ccc(S)cc1. The molecule has 1 amide bonds. The van der Waals surface area contributed by atoms with Crippen LogP contribution in [0.5, 0.6) is 0 Å². The van der Waals surface area contributed by atoms with Crippen molar-refractivity contribution < 1.29 is 9.18 Å². The molecule has 0 bridgehead atoms. The normalized spacial score (nSPS) is 15.5. The second-order valence-corrected chi connectivity index (χ2v) is 8.68. The van der Waals surface area contributed by atoms with E-state index in [1.807, 2.05) is 24.3 Å². The van der Waals surface area contributed by atoms with E-state index in [0.717, 1.165) is 16.5 Å². The summed E-state index contributed by atoms with van der Waals surface area (Å²) >= 11 is 10.1. The third kappa shape index (κ3) is 5.26. The van der Waals surface area contributed by atoms with Crippen LogP contribution in [0.1, 0.15) is 12.0 Å². The number of nitrogens with one attached hydrogen (secondary N) is 2. The molecule has 7 nitrogen and oxygen atoms in total. The summed E-state index contributed by atoms with van der Waals surface area (Å²) in [5.41, 5.74) is 2.57. The first-order valence-corrected chi connectivity index (χ1v) is 11.1. The summed E-state index contributed by atoms with van der Waals surface area (Å²) in [5.74, 6) is -0.370. The van der Waals surface area contributed by atoms with Gasteiger partial charge in [0.25, 0.3) is 0 Å². The summed E-state index contributed by atoms with van der Waals surface area (Å²) in [4.78, 5) is 30.2. The largest absolute Gasteiger partial charge is 0.356 e. The zero-order valence-electron chi connectivity index (χ0n) is 18.0. The van der Waals surface area contributed by atoms with Crippen molar-refractivity contribution in [3.05, 3.63) is 65.3 Å². The van der Waals surface area contributed by atoms with Crippen LogP contribution in [0.15, 0.2) is 53.8 Å². The first-order chi connectivity index (χ1) is 15.8. The van der Waals surface area contributed by atoms with E-state index in [1.165, 1.54) is 11.8 Å². The Balaban J connectivity index is 0.000000275. The molecule has 1 atom stereocenters. The van der Waals surface area contributed by atoms with E-state index in [2.05, 4.69) is 44.8 Å². The molecular formula is C23H22ClFN6OS. The van der Waals surface area contributed by atoms with Crippen molar-refractivity contribution in [1.82, 2.24) is 24.8 Å². The van der Waals surface area contributed by atoms with Crippen LogP contribution in [-0.4, -0.2) is 50.4 Å². The van der Waals surface area contributed by atoms with E-state index in [9.17, 15) is 9.18 Å². The first kappa shape index (κ1) is 23.0. The number of aromatic amines is 1. The number of H-pyrrole nitrogens is 1. The summed E-state index contributed by atoms with van der Waals surface area (Å²) in [5, 5.41) is 4.10. The molecule has 170 valence electrons. The molecule has 0 saturated carbocycles. The van der Waals surface area contributed by atoms with Crippen LogP contribution in [0, 0.1) is 12.7 Å². The fourth-order valence-corrected chi connectivity index (χ4v) is 3.73. The number of anilines is 1. The monoisotopic (exact) mass is 484 g/mol. The average molecular weight is 485 g/mol. The lowest BCUT2D eigenvalue weighted by molar-refractivity contribution is -0.127. The van der Waals surface area contributed by atoms with Crippen LogP contribution >= 0.6 is 24.2 Å². The summed E-state index contributed by atoms with van der Waals surface area (Å²) in [7, 11) is 1.72. The van der Waals surface area contributed by atoms with Gasteiger partial charge < -0.3 is 15.2 Å². The molecule has 0 radical (unpaired) electrons. The van der Waals surface area contributed by atoms with E-state index < -0.39 is 11.9 Å². The van der Waals surface area contributed by atoms with Crippen LogP contribution in [0.2, 0.25) is 5.02 Å². The molecule has 1 fully saturated rings. The Hall–Kier alpha value is -3.17. The number of fused-ring (bicyclic) bond motifs is 1. The van der Waals surface area contributed by atoms with Gasteiger partial charge >= 0.3 is 0 Å². The lowest BCUT2D eigenvalue weighted by Gasteiger charge is -2.13.